The highest BCUT2D eigenvalue weighted by atomic mass is 16.5. The SMILES string of the molecule is COc1ccc(-n2ccc(C(=O)N3CCn4nncc4C3)n2)cc1. The van der Waals surface area contributed by atoms with Gasteiger partial charge in [-0.25, -0.2) is 9.36 Å². The van der Waals surface area contributed by atoms with E-state index in [-0.39, 0.29) is 5.91 Å². The molecule has 8 nitrogen and oxygen atoms in total. The van der Waals surface area contributed by atoms with Crippen molar-refractivity contribution < 1.29 is 9.53 Å². The van der Waals surface area contributed by atoms with Crippen LogP contribution in [0, 0.1) is 0 Å². The maximum Gasteiger partial charge on any atom is 0.274 e. The van der Waals surface area contributed by atoms with Crippen molar-refractivity contribution in [2.45, 2.75) is 13.1 Å². The Morgan fingerprint density at radius 1 is 1.17 bits per heavy atom. The smallest absolute Gasteiger partial charge is 0.274 e. The summed E-state index contributed by atoms with van der Waals surface area (Å²) in [6.45, 7) is 1.76. The topological polar surface area (TPSA) is 78.1 Å². The Hall–Kier alpha value is -3.16. The third kappa shape index (κ3) is 2.51. The number of rotatable bonds is 3. The fourth-order valence-corrected chi connectivity index (χ4v) is 2.73. The normalized spacial score (nSPS) is 13.6. The van der Waals surface area contributed by atoms with E-state index in [9.17, 15) is 4.79 Å². The number of methoxy groups -OCH3 is 1. The van der Waals surface area contributed by atoms with Crippen molar-refractivity contribution in [1.29, 1.82) is 0 Å². The number of benzene rings is 1. The molecule has 0 aliphatic carbocycles. The number of fused-ring (bicyclic) bond motifs is 1. The van der Waals surface area contributed by atoms with Crippen LogP contribution in [0.3, 0.4) is 0 Å². The minimum Gasteiger partial charge on any atom is -0.497 e. The molecule has 122 valence electrons. The second kappa shape index (κ2) is 5.80. The van der Waals surface area contributed by atoms with Crippen LogP contribution in [0.15, 0.2) is 42.7 Å². The zero-order valence-electron chi connectivity index (χ0n) is 13.2. The van der Waals surface area contributed by atoms with Crippen LogP contribution >= 0.6 is 0 Å². The molecule has 2 aromatic heterocycles. The van der Waals surface area contributed by atoms with E-state index in [4.69, 9.17) is 4.74 Å². The Balaban J connectivity index is 1.53. The van der Waals surface area contributed by atoms with Crippen molar-refractivity contribution >= 4 is 5.91 Å². The molecule has 1 aliphatic heterocycles. The van der Waals surface area contributed by atoms with Gasteiger partial charge in [-0.2, -0.15) is 5.10 Å². The molecule has 4 rings (SSSR count). The van der Waals surface area contributed by atoms with E-state index in [0.717, 1.165) is 17.1 Å². The lowest BCUT2D eigenvalue weighted by molar-refractivity contribution is 0.0699. The fourth-order valence-electron chi connectivity index (χ4n) is 2.73. The summed E-state index contributed by atoms with van der Waals surface area (Å²) in [5, 5.41) is 12.3. The molecule has 0 fully saturated rings. The third-order valence-electron chi connectivity index (χ3n) is 4.06. The summed E-state index contributed by atoms with van der Waals surface area (Å²) in [7, 11) is 1.62. The average molecular weight is 324 g/mol. The van der Waals surface area contributed by atoms with Crippen molar-refractivity contribution in [3.05, 3.63) is 54.1 Å². The fraction of sp³-hybridized carbons (Fsp3) is 0.250. The number of hydrogen-bond donors (Lipinski definition) is 0. The van der Waals surface area contributed by atoms with Crippen LogP contribution in [0.1, 0.15) is 16.2 Å². The summed E-state index contributed by atoms with van der Waals surface area (Å²) in [6.07, 6.45) is 3.47. The molecular weight excluding hydrogens is 308 g/mol. The number of hydrogen-bond acceptors (Lipinski definition) is 5. The second-order valence-electron chi connectivity index (χ2n) is 5.52. The van der Waals surface area contributed by atoms with Gasteiger partial charge in [0.25, 0.3) is 5.91 Å². The summed E-state index contributed by atoms with van der Waals surface area (Å²) in [5.41, 5.74) is 2.23. The highest BCUT2D eigenvalue weighted by Crippen LogP contribution is 2.16. The molecule has 0 bridgehead atoms. The Morgan fingerprint density at radius 3 is 2.79 bits per heavy atom. The van der Waals surface area contributed by atoms with Crippen LogP contribution in [-0.2, 0) is 13.1 Å². The van der Waals surface area contributed by atoms with E-state index in [2.05, 4.69) is 15.4 Å². The number of nitrogens with zero attached hydrogens (tertiary/aromatic N) is 6. The molecule has 0 atom stereocenters. The minimum absolute atomic E-state index is 0.0882. The Labute approximate surface area is 138 Å². The van der Waals surface area contributed by atoms with Gasteiger partial charge in [0.05, 0.1) is 37.8 Å². The van der Waals surface area contributed by atoms with Crippen molar-refractivity contribution in [3.63, 3.8) is 0 Å². The highest BCUT2D eigenvalue weighted by molar-refractivity contribution is 5.92. The van der Waals surface area contributed by atoms with Gasteiger partial charge in [-0.3, -0.25) is 4.79 Å². The molecule has 0 saturated carbocycles. The summed E-state index contributed by atoms with van der Waals surface area (Å²) >= 11 is 0. The Kier molecular flexibility index (Phi) is 3.49. The lowest BCUT2D eigenvalue weighted by Gasteiger charge is -2.26. The number of carbonyl (C=O) groups is 1. The van der Waals surface area contributed by atoms with E-state index in [1.807, 2.05) is 28.9 Å². The van der Waals surface area contributed by atoms with E-state index in [1.54, 1.807) is 35.2 Å². The van der Waals surface area contributed by atoms with Gasteiger partial charge in [0.15, 0.2) is 5.69 Å². The van der Waals surface area contributed by atoms with Crippen LogP contribution in [0.5, 0.6) is 5.75 Å². The van der Waals surface area contributed by atoms with Crippen LogP contribution in [-0.4, -0.2) is 49.2 Å². The maximum atomic E-state index is 12.7. The second-order valence-corrected chi connectivity index (χ2v) is 5.52. The van der Waals surface area contributed by atoms with Crippen molar-refractivity contribution in [3.8, 4) is 11.4 Å². The molecule has 8 heteroatoms. The number of amides is 1. The third-order valence-corrected chi connectivity index (χ3v) is 4.06. The van der Waals surface area contributed by atoms with Gasteiger partial charge in [-0.05, 0) is 30.3 Å². The Bertz CT molecular complexity index is 867. The van der Waals surface area contributed by atoms with Gasteiger partial charge in [0.2, 0.25) is 0 Å². The molecular formula is C16H16N6O2. The first-order valence-corrected chi connectivity index (χ1v) is 7.61. The number of ether oxygens (including phenoxy) is 1. The van der Waals surface area contributed by atoms with Gasteiger partial charge in [0.1, 0.15) is 5.75 Å². The predicted octanol–water partition coefficient (Wildman–Crippen LogP) is 1.13. The summed E-state index contributed by atoms with van der Waals surface area (Å²) < 4.78 is 8.65. The van der Waals surface area contributed by atoms with Gasteiger partial charge in [-0.15, -0.1) is 5.10 Å². The monoisotopic (exact) mass is 324 g/mol. The van der Waals surface area contributed by atoms with Gasteiger partial charge >= 0.3 is 0 Å². The quantitative estimate of drug-likeness (QED) is 0.722. The molecule has 0 unspecified atom stereocenters. The zero-order chi connectivity index (χ0) is 16.5. The lowest BCUT2D eigenvalue weighted by Crippen LogP contribution is -2.38. The molecule has 0 spiro atoms. The van der Waals surface area contributed by atoms with Crippen molar-refractivity contribution in [1.82, 2.24) is 29.7 Å². The lowest BCUT2D eigenvalue weighted by atomic mass is 10.3. The zero-order valence-corrected chi connectivity index (χ0v) is 13.2. The largest absolute Gasteiger partial charge is 0.497 e. The highest BCUT2D eigenvalue weighted by Gasteiger charge is 2.24. The van der Waals surface area contributed by atoms with Gasteiger partial charge < -0.3 is 9.64 Å². The molecule has 1 aliphatic rings. The van der Waals surface area contributed by atoms with E-state index in [1.165, 1.54) is 0 Å². The van der Waals surface area contributed by atoms with E-state index >= 15 is 0 Å². The number of aromatic nitrogens is 5. The summed E-state index contributed by atoms with van der Waals surface area (Å²) in [5.74, 6) is 0.690. The van der Waals surface area contributed by atoms with E-state index in [0.29, 0.717) is 25.3 Å². The van der Waals surface area contributed by atoms with Crippen LogP contribution in [0.2, 0.25) is 0 Å². The molecule has 1 amide bonds. The molecule has 0 N–H and O–H groups in total. The number of carbonyl (C=O) groups excluding carboxylic acids is 1. The van der Waals surface area contributed by atoms with Gasteiger partial charge in [0, 0.05) is 12.7 Å². The van der Waals surface area contributed by atoms with Crippen LogP contribution < -0.4 is 4.74 Å². The first kappa shape index (κ1) is 14.4. The molecule has 1 aromatic carbocycles. The maximum absolute atomic E-state index is 12.7. The van der Waals surface area contributed by atoms with Crippen LogP contribution in [0.25, 0.3) is 5.69 Å². The summed E-state index contributed by atoms with van der Waals surface area (Å²) in [4.78, 5) is 14.4. The Morgan fingerprint density at radius 2 is 2.00 bits per heavy atom. The van der Waals surface area contributed by atoms with Crippen molar-refractivity contribution in [2.24, 2.45) is 0 Å². The van der Waals surface area contributed by atoms with Gasteiger partial charge in [-0.1, -0.05) is 5.21 Å². The molecule has 0 radical (unpaired) electrons. The predicted molar refractivity (Wildman–Crippen MR) is 84.9 cm³/mol. The van der Waals surface area contributed by atoms with E-state index < -0.39 is 0 Å². The molecule has 3 heterocycles. The standard InChI is InChI=1S/C16H16N6O2/c1-24-14-4-2-12(3-5-14)21-7-6-15(18-21)16(23)20-8-9-22-13(11-20)10-17-19-22/h2-7,10H,8-9,11H2,1H3. The average Bonchev–Trinajstić information content (AvgIpc) is 3.30. The minimum atomic E-state index is -0.0882. The first-order chi connectivity index (χ1) is 11.7. The molecule has 0 saturated heterocycles. The van der Waals surface area contributed by atoms with Crippen molar-refractivity contribution in [2.75, 3.05) is 13.7 Å². The van der Waals surface area contributed by atoms with Crippen LogP contribution in [0.4, 0.5) is 0 Å². The molecule has 24 heavy (non-hydrogen) atoms. The molecule has 3 aromatic rings. The first-order valence-electron chi connectivity index (χ1n) is 7.61. The summed E-state index contributed by atoms with van der Waals surface area (Å²) in [6, 6.07) is 9.24.